The molecule has 1 fully saturated rings. The van der Waals surface area contributed by atoms with Gasteiger partial charge in [0.1, 0.15) is 5.75 Å². The quantitative estimate of drug-likeness (QED) is 0.691. The number of sulfonamides is 1. The third-order valence-electron chi connectivity index (χ3n) is 5.24. The molecule has 0 amide bonds. The normalized spacial score (nSPS) is 16.2. The molecule has 3 rings (SSSR count). The zero-order valence-electron chi connectivity index (χ0n) is 17.1. The van der Waals surface area contributed by atoms with Gasteiger partial charge in [-0.2, -0.15) is 17.5 Å². The summed E-state index contributed by atoms with van der Waals surface area (Å²) in [5, 5.41) is 0. The van der Waals surface area contributed by atoms with Crippen LogP contribution in [-0.4, -0.2) is 46.0 Å². The smallest absolute Gasteiger partial charge is 0.416 e. The van der Waals surface area contributed by atoms with Gasteiger partial charge in [0.25, 0.3) is 0 Å². The fraction of sp³-hybridized carbons (Fsp3) is 0.429. The first-order valence-electron chi connectivity index (χ1n) is 9.64. The number of hydrogen-bond acceptors (Lipinski definition) is 4. The molecule has 0 bridgehead atoms. The molecule has 0 spiro atoms. The van der Waals surface area contributed by atoms with Crippen LogP contribution in [0.15, 0.2) is 47.4 Å². The van der Waals surface area contributed by atoms with E-state index in [1.54, 1.807) is 30.2 Å². The summed E-state index contributed by atoms with van der Waals surface area (Å²) in [6.07, 6.45) is -4.41. The number of nitrogens with zero attached hydrogens (tertiary/aromatic N) is 2. The second-order valence-corrected chi connectivity index (χ2v) is 9.44. The lowest BCUT2D eigenvalue weighted by molar-refractivity contribution is -0.137. The van der Waals surface area contributed by atoms with Crippen LogP contribution >= 0.6 is 0 Å². The SMILES string of the molecule is COc1ccc(S(=O)(=O)N2CCN(c3cccc(C(F)(F)F)c3)CC2)cc1C(C)C. The van der Waals surface area contributed by atoms with Gasteiger partial charge in [-0.25, -0.2) is 8.42 Å². The summed E-state index contributed by atoms with van der Waals surface area (Å²) < 4.78 is 71.8. The van der Waals surface area contributed by atoms with Gasteiger partial charge in [-0.05, 0) is 47.9 Å². The zero-order chi connectivity index (χ0) is 22.1. The molecule has 164 valence electrons. The first-order valence-corrected chi connectivity index (χ1v) is 11.1. The minimum atomic E-state index is -4.41. The van der Waals surface area contributed by atoms with Crippen molar-refractivity contribution in [2.45, 2.75) is 30.8 Å². The highest BCUT2D eigenvalue weighted by Gasteiger charge is 2.32. The number of rotatable bonds is 5. The highest BCUT2D eigenvalue weighted by Crippen LogP contribution is 2.33. The number of methoxy groups -OCH3 is 1. The van der Waals surface area contributed by atoms with E-state index in [-0.39, 0.29) is 23.9 Å². The van der Waals surface area contributed by atoms with Crippen LogP contribution in [0.3, 0.4) is 0 Å². The van der Waals surface area contributed by atoms with Gasteiger partial charge in [0.05, 0.1) is 17.6 Å². The number of benzene rings is 2. The van der Waals surface area contributed by atoms with E-state index in [9.17, 15) is 21.6 Å². The van der Waals surface area contributed by atoms with Gasteiger partial charge in [-0.1, -0.05) is 19.9 Å². The third-order valence-corrected chi connectivity index (χ3v) is 7.13. The predicted octanol–water partition coefficient (Wildman–Crippen LogP) is 4.35. The maximum absolute atomic E-state index is 13.1. The lowest BCUT2D eigenvalue weighted by Crippen LogP contribution is -2.48. The van der Waals surface area contributed by atoms with Crippen molar-refractivity contribution in [2.24, 2.45) is 0 Å². The minimum Gasteiger partial charge on any atom is -0.496 e. The maximum atomic E-state index is 13.1. The highest BCUT2D eigenvalue weighted by atomic mass is 32.2. The van der Waals surface area contributed by atoms with E-state index in [4.69, 9.17) is 4.74 Å². The standard InChI is InChI=1S/C21H25F3N2O3S/c1-15(2)19-14-18(7-8-20(19)29-3)30(27,28)26-11-9-25(10-12-26)17-6-4-5-16(13-17)21(22,23)24/h4-8,13-15H,9-12H2,1-3H3. The van der Waals surface area contributed by atoms with Gasteiger partial charge in [0, 0.05) is 31.9 Å². The summed E-state index contributed by atoms with van der Waals surface area (Å²) in [6.45, 7) is 4.94. The molecule has 1 aliphatic rings. The summed E-state index contributed by atoms with van der Waals surface area (Å²) in [6, 6.07) is 9.92. The molecule has 2 aromatic carbocycles. The minimum absolute atomic E-state index is 0.0906. The van der Waals surface area contributed by atoms with Crippen molar-refractivity contribution in [1.82, 2.24) is 4.31 Å². The zero-order valence-corrected chi connectivity index (χ0v) is 17.9. The average Bonchev–Trinajstić information content (AvgIpc) is 2.72. The van der Waals surface area contributed by atoms with Crippen LogP contribution < -0.4 is 9.64 Å². The van der Waals surface area contributed by atoms with Crippen LogP contribution in [0, 0.1) is 0 Å². The van der Waals surface area contributed by atoms with E-state index in [1.165, 1.54) is 16.4 Å². The number of alkyl halides is 3. The van der Waals surface area contributed by atoms with Gasteiger partial charge in [-0.3, -0.25) is 0 Å². The summed E-state index contributed by atoms with van der Waals surface area (Å²) in [5.74, 6) is 0.728. The van der Waals surface area contributed by atoms with Crippen LogP contribution in [0.1, 0.15) is 30.9 Å². The Morgan fingerprint density at radius 3 is 2.23 bits per heavy atom. The third kappa shape index (κ3) is 4.57. The molecule has 0 saturated carbocycles. The summed E-state index contributed by atoms with van der Waals surface area (Å²) >= 11 is 0. The molecular weight excluding hydrogens is 417 g/mol. The van der Waals surface area contributed by atoms with Crippen LogP contribution in [0.25, 0.3) is 0 Å². The number of ether oxygens (including phenoxy) is 1. The van der Waals surface area contributed by atoms with E-state index >= 15 is 0 Å². The Bertz CT molecular complexity index is 999. The van der Waals surface area contributed by atoms with Crippen molar-refractivity contribution in [1.29, 1.82) is 0 Å². The highest BCUT2D eigenvalue weighted by molar-refractivity contribution is 7.89. The second kappa shape index (κ2) is 8.47. The molecule has 0 radical (unpaired) electrons. The molecule has 9 heteroatoms. The first-order chi connectivity index (χ1) is 14.0. The monoisotopic (exact) mass is 442 g/mol. The van der Waals surface area contributed by atoms with Gasteiger partial charge in [0.15, 0.2) is 0 Å². The number of piperazine rings is 1. The fourth-order valence-corrected chi connectivity index (χ4v) is 5.00. The van der Waals surface area contributed by atoms with Crippen molar-refractivity contribution >= 4 is 15.7 Å². The molecule has 0 unspecified atom stereocenters. The Kier molecular flexibility index (Phi) is 6.33. The second-order valence-electron chi connectivity index (χ2n) is 7.50. The van der Waals surface area contributed by atoms with Gasteiger partial charge >= 0.3 is 6.18 Å². The average molecular weight is 443 g/mol. The Balaban J connectivity index is 1.77. The Labute approximate surface area is 175 Å². The molecule has 0 N–H and O–H groups in total. The molecule has 0 aliphatic carbocycles. The van der Waals surface area contributed by atoms with Crippen LogP contribution in [0.5, 0.6) is 5.75 Å². The lowest BCUT2D eigenvalue weighted by Gasteiger charge is -2.35. The Morgan fingerprint density at radius 2 is 1.67 bits per heavy atom. The maximum Gasteiger partial charge on any atom is 0.416 e. The van der Waals surface area contributed by atoms with Crippen molar-refractivity contribution in [3.63, 3.8) is 0 Å². The van der Waals surface area contributed by atoms with E-state index < -0.39 is 21.8 Å². The Hall–Kier alpha value is -2.26. The molecule has 1 aliphatic heterocycles. The number of halogens is 3. The van der Waals surface area contributed by atoms with Gasteiger partial charge in [-0.15, -0.1) is 0 Å². The number of hydrogen-bond donors (Lipinski definition) is 0. The van der Waals surface area contributed by atoms with Crippen molar-refractivity contribution in [3.8, 4) is 5.75 Å². The predicted molar refractivity (Wildman–Crippen MR) is 109 cm³/mol. The topological polar surface area (TPSA) is 49.9 Å². The Morgan fingerprint density at radius 1 is 1.00 bits per heavy atom. The summed E-state index contributed by atoms with van der Waals surface area (Å²) in [7, 11) is -2.16. The molecule has 1 heterocycles. The van der Waals surface area contributed by atoms with Gasteiger partial charge < -0.3 is 9.64 Å². The summed E-state index contributed by atoms with van der Waals surface area (Å²) in [4.78, 5) is 1.97. The van der Waals surface area contributed by atoms with E-state index in [1.807, 2.05) is 13.8 Å². The van der Waals surface area contributed by atoms with Crippen molar-refractivity contribution in [2.75, 3.05) is 38.2 Å². The van der Waals surface area contributed by atoms with Crippen LogP contribution in [-0.2, 0) is 16.2 Å². The van der Waals surface area contributed by atoms with Gasteiger partial charge in [0.2, 0.25) is 10.0 Å². The molecule has 5 nitrogen and oxygen atoms in total. The lowest BCUT2D eigenvalue weighted by atomic mass is 10.0. The number of anilines is 1. The molecule has 0 aromatic heterocycles. The van der Waals surface area contributed by atoms with Crippen LogP contribution in [0.4, 0.5) is 18.9 Å². The van der Waals surface area contributed by atoms with Crippen molar-refractivity contribution < 1.29 is 26.3 Å². The first kappa shape index (κ1) is 22.4. The van der Waals surface area contributed by atoms with E-state index in [0.717, 1.165) is 17.7 Å². The van der Waals surface area contributed by atoms with Crippen LogP contribution in [0.2, 0.25) is 0 Å². The fourth-order valence-electron chi connectivity index (χ4n) is 3.54. The summed E-state index contributed by atoms with van der Waals surface area (Å²) in [5.41, 5.74) is 0.532. The molecule has 2 aromatic rings. The molecule has 30 heavy (non-hydrogen) atoms. The largest absolute Gasteiger partial charge is 0.496 e. The van der Waals surface area contributed by atoms with E-state index in [0.29, 0.717) is 24.5 Å². The molecular formula is C21H25F3N2O3S. The molecule has 1 saturated heterocycles. The molecule has 0 atom stereocenters. The van der Waals surface area contributed by atoms with E-state index in [2.05, 4.69) is 0 Å². The van der Waals surface area contributed by atoms with Crippen molar-refractivity contribution in [3.05, 3.63) is 53.6 Å².